The average Bonchev–Trinajstić information content (AvgIpc) is 3.28. The molecule has 0 unspecified atom stereocenters. The maximum Gasteiger partial charge on any atom is 0.270 e. The van der Waals surface area contributed by atoms with Crippen LogP contribution in [0.2, 0.25) is 10.0 Å². The molecule has 3 aromatic rings. The van der Waals surface area contributed by atoms with E-state index in [4.69, 9.17) is 39.8 Å². The molecule has 2 aromatic carbocycles. The van der Waals surface area contributed by atoms with Gasteiger partial charge in [0.15, 0.2) is 10.1 Å². The number of furan rings is 1. The smallest absolute Gasteiger partial charge is 0.270 e. The Morgan fingerprint density at radius 1 is 1.13 bits per heavy atom. The highest BCUT2D eigenvalue weighted by Gasteiger charge is 2.33. The van der Waals surface area contributed by atoms with Crippen LogP contribution in [0.25, 0.3) is 17.4 Å². The number of anilines is 1. The number of thiocarbonyl (C=S) groups is 1. The SMILES string of the molecule is CC(=O)c1cccc(N2C(=O)/C(=C\c3ccc(-c4cc(Cl)ccc4Cl)o3)SC2=S)c1. The van der Waals surface area contributed by atoms with E-state index in [0.717, 1.165) is 0 Å². The summed E-state index contributed by atoms with van der Waals surface area (Å²) in [5.41, 5.74) is 1.73. The van der Waals surface area contributed by atoms with Crippen LogP contribution < -0.4 is 4.90 Å². The Morgan fingerprint density at radius 2 is 1.93 bits per heavy atom. The predicted octanol–water partition coefficient (Wildman–Crippen LogP) is 6.86. The highest BCUT2D eigenvalue weighted by molar-refractivity contribution is 8.27. The largest absolute Gasteiger partial charge is 0.457 e. The minimum absolute atomic E-state index is 0.0828. The van der Waals surface area contributed by atoms with Crippen molar-refractivity contribution in [2.45, 2.75) is 6.92 Å². The Labute approximate surface area is 192 Å². The van der Waals surface area contributed by atoms with Gasteiger partial charge in [-0.2, -0.15) is 0 Å². The van der Waals surface area contributed by atoms with Gasteiger partial charge in [-0.15, -0.1) is 0 Å². The minimum atomic E-state index is -0.274. The lowest BCUT2D eigenvalue weighted by atomic mass is 10.1. The van der Waals surface area contributed by atoms with E-state index in [9.17, 15) is 9.59 Å². The molecule has 0 aliphatic carbocycles. The first-order valence-corrected chi connectivity index (χ1v) is 10.8. The minimum Gasteiger partial charge on any atom is -0.457 e. The summed E-state index contributed by atoms with van der Waals surface area (Å²) in [6.07, 6.45) is 1.63. The fraction of sp³-hybridized carbons (Fsp3) is 0.0455. The molecule has 1 fully saturated rings. The highest BCUT2D eigenvalue weighted by Crippen LogP contribution is 2.37. The van der Waals surface area contributed by atoms with Crippen LogP contribution in [0.5, 0.6) is 0 Å². The van der Waals surface area contributed by atoms with E-state index in [-0.39, 0.29) is 11.7 Å². The molecule has 30 heavy (non-hydrogen) atoms. The molecule has 4 nitrogen and oxygen atoms in total. The number of benzene rings is 2. The lowest BCUT2D eigenvalue weighted by Gasteiger charge is -2.15. The number of carbonyl (C=O) groups is 2. The third-order valence-corrected chi connectivity index (χ3v) is 6.27. The van der Waals surface area contributed by atoms with Gasteiger partial charge in [0, 0.05) is 22.2 Å². The summed E-state index contributed by atoms with van der Waals surface area (Å²) in [4.78, 5) is 26.5. The van der Waals surface area contributed by atoms with Crippen molar-refractivity contribution in [2.75, 3.05) is 4.90 Å². The molecule has 1 aromatic heterocycles. The van der Waals surface area contributed by atoms with Crippen LogP contribution in [-0.4, -0.2) is 16.0 Å². The van der Waals surface area contributed by atoms with Gasteiger partial charge in [-0.3, -0.25) is 14.5 Å². The standard InChI is InChI=1S/C22H13Cl2NO3S2/c1-12(26)13-3-2-4-15(9-13)25-21(27)20(30-22(25)29)11-16-6-8-19(28-16)17-10-14(23)5-7-18(17)24/h2-11H,1H3/b20-11+. The second kappa shape index (κ2) is 8.40. The monoisotopic (exact) mass is 473 g/mol. The zero-order chi connectivity index (χ0) is 21.4. The summed E-state index contributed by atoms with van der Waals surface area (Å²) in [7, 11) is 0. The molecule has 1 saturated heterocycles. The second-order valence-electron chi connectivity index (χ2n) is 6.45. The van der Waals surface area contributed by atoms with Crippen molar-refractivity contribution in [2.24, 2.45) is 0 Å². The number of halogens is 2. The maximum atomic E-state index is 13.0. The molecule has 1 aliphatic rings. The predicted molar refractivity (Wildman–Crippen MR) is 126 cm³/mol. The van der Waals surface area contributed by atoms with E-state index < -0.39 is 0 Å². The molecule has 150 valence electrons. The van der Waals surface area contributed by atoms with E-state index in [2.05, 4.69) is 0 Å². The van der Waals surface area contributed by atoms with Crippen molar-refractivity contribution in [3.63, 3.8) is 0 Å². The summed E-state index contributed by atoms with van der Waals surface area (Å²) in [5.74, 6) is 0.669. The van der Waals surface area contributed by atoms with Gasteiger partial charge in [-0.1, -0.05) is 59.3 Å². The van der Waals surface area contributed by atoms with Gasteiger partial charge >= 0.3 is 0 Å². The second-order valence-corrected chi connectivity index (χ2v) is 8.97. The molecule has 0 spiro atoms. The molecule has 1 amide bonds. The van der Waals surface area contributed by atoms with Gasteiger partial charge < -0.3 is 4.42 Å². The van der Waals surface area contributed by atoms with Crippen molar-refractivity contribution in [1.29, 1.82) is 0 Å². The lowest BCUT2D eigenvalue weighted by molar-refractivity contribution is -0.113. The van der Waals surface area contributed by atoms with Crippen LogP contribution in [0.1, 0.15) is 23.0 Å². The molecular weight excluding hydrogens is 461 g/mol. The van der Waals surface area contributed by atoms with Crippen molar-refractivity contribution >= 4 is 75.0 Å². The van der Waals surface area contributed by atoms with Crippen LogP contribution in [0.3, 0.4) is 0 Å². The van der Waals surface area contributed by atoms with Crippen molar-refractivity contribution < 1.29 is 14.0 Å². The van der Waals surface area contributed by atoms with Gasteiger partial charge in [-0.05, 0) is 49.4 Å². The van der Waals surface area contributed by atoms with Crippen LogP contribution in [0.4, 0.5) is 5.69 Å². The molecule has 2 heterocycles. The van der Waals surface area contributed by atoms with Crippen LogP contribution in [0, 0.1) is 0 Å². The topological polar surface area (TPSA) is 50.5 Å². The number of hydrogen-bond acceptors (Lipinski definition) is 5. The zero-order valence-electron chi connectivity index (χ0n) is 15.5. The van der Waals surface area contributed by atoms with Crippen LogP contribution in [0.15, 0.2) is 63.9 Å². The van der Waals surface area contributed by atoms with Gasteiger partial charge in [0.1, 0.15) is 11.5 Å². The van der Waals surface area contributed by atoms with Crippen molar-refractivity contribution in [3.05, 3.63) is 80.9 Å². The Kier molecular flexibility index (Phi) is 5.84. The first-order chi connectivity index (χ1) is 14.3. The number of rotatable bonds is 4. The number of ketones is 1. The van der Waals surface area contributed by atoms with Gasteiger partial charge in [0.2, 0.25) is 0 Å². The Bertz CT molecular complexity index is 1230. The maximum absolute atomic E-state index is 13.0. The average molecular weight is 474 g/mol. The fourth-order valence-electron chi connectivity index (χ4n) is 2.95. The van der Waals surface area contributed by atoms with Gasteiger partial charge in [0.05, 0.1) is 15.6 Å². The number of hydrogen-bond donors (Lipinski definition) is 0. The number of amides is 1. The number of thioether (sulfide) groups is 1. The molecular formula is C22H13Cl2NO3S2. The first kappa shape index (κ1) is 20.9. The summed E-state index contributed by atoms with van der Waals surface area (Å²) >= 11 is 18.9. The van der Waals surface area contributed by atoms with Crippen LogP contribution in [-0.2, 0) is 4.79 Å². The molecule has 0 atom stereocenters. The summed E-state index contributed by atoms with van der Waals surface area (Å²) in [6.45, 7) is 1.48. The van der Waals surface area contributed by atoms with Crippen LogP contribution >= 0.6 is 47.2 Å². The highest BCUT2D eigenvalue weighted by atomic mass is 35.5. The quantitative estimate of drug-likeness (QED) is 0.235. The number of carbonyl (C=O) groups excluding carboxylic acids is 2. The molecule has 0 radical (unpaired) electrons. The van der Waals surface area contributed by atoms with E-state index in [0.29, 0.717) is 47.6 Å². The Balaban J connectivity index is 1.63. The molecule has 4 rings (SSSR count). The lowest BCUT2D eigenvalue weighted by Crippen LogP contribution is -2.27. The van der Waals surface area contributed by atoms with Crippen molar-refractivity contribution in [1.82, 2.24) is 0 Å². The van der Waals surface area contributed by atoms with Crippen molar-refractivity contribution in [3.8, 4) is 11.3 Å². The molecule has 8 heteroatoms. The summed E-state index contributed by atoms with van der Waals surface area (Å²) in [6, 6.07) is 15.4. The Hall–Kier alpha value is -2.38. The normalized spacial score (nSPS) is 15.3. The van der Waals surface area contributed by atoms with E-state index in [1.165, 1.54) is 23.6 Å². The third-order valence-electron chi connectivity index (χ3n) is 4.40. The van der Waals surface area contributed by atoms with Gasteiger partial charge in [-0.25, -0.2) is 0 Å². The first-order valence-electron chi connectivity index (χ1n) is 8.78. The zero-order valence-corrected chi connectivity index (χ0v) is 18.7. The van der Waals surface area contributed by atoms with E-state index in [1.54, 1.807) is 60.7 Å². The van der Waals surface area contributed by atoms with E-state index >= 15 is 0 Å². The third kappa shape index (κ3) is 4.09. The van der Waals surface area contributed by atoms with E-state index in [1.807, 2.05) is 0 Å². The summed E-state index contributed by atoms with van der Waals surface area (Å²) < 4.78 is 6.24. The number of Topliss-reactive ketones (excluding diaryl/α,β-unsaturated/α-hetero) is 1. The molecule has 0 saturated carbocycles. The summed E-state index contributed by atoms with van der Waals surface area (Å²) in [5, 5.41) is 1.05. The molecule has 0 N–H and O–H groups in total. The molecule has 1 aliphatic heterocycles. The Morgan fingerprint density at radius 3 is 2.70 bits per heavy atom. The van der Waals surface area contributed by atoms with Gasteiger partial charge in [0.25, 0.3) is 5.91 Å². The fourth-order valence-corrected chi connectivity index (χ4v) is 4.61. The molecule has 0 bridgehead atoms. The number of nitrogens with zero attached hydrogens (tertiary/aromatic N) is 1.